The van der Waals surface area contributed by atoms with Crippen LogP contribution < -0.4 is 11.1 Å². The van der Waals surface area contributed by atoms with E-state index in [0.29, 0.717) is 15.0 Å². The molecule has 2 aromatic heterocycles. The van der Waals surface area contributed by atoms with Gasteiger partial charge in [-0.3, -0.25) is 9.59 Å². The number of anilines is 1. The lowest BCUT2D eigenvalue weighted by Crippen LogP contribution is -2.30. The molecule has 3 aromatic rings. The van der Waals surface area contributed by atoms with Gasteiger partial charge < -0.3 is 15.8 Å². The van der Waals surface area contributed by atoms with Crippen molar-refractivity contribution in [2.24, 2.45) is 5.73 Å². The van der Waals surface area contributed by atoms with Crippen LogP contribution >= 0.6 is 34.3 Å². The number of thiazole rings is 1. The first-order chi connectivity index (χ1) is 13.3. The summed E-state index contributed by atoms with van der Waals surface area (Å²) >= 11 is 8.38. The number of halogens is 1. The van der Waals surface area contributed by atoms with Crippen LogP contribution in [0.3, 0.4) is 0 Å². The minimum atomic E-state index is -1.09. The standard InChI is InChI=1S/C18H14ClN3O4S2/c1-9(15(24)22-17-12(14(20)23)5-6-27-17)26-18(25)13-8-28-16(21-13)10-3-2-4-11(19)7-10/h2-9H,1H3,(H2,20,23)(H,22,24). The van der Waals surface area contributed by atoms with Crippen molar-refractivity contribution in [3.05, 3.63) is 57.4 Å². The number of carbonyl (C=O) groups is 3. The highest BCUT2D eigenvalue weighted by Crippen LogP contribution is 2.27. The second-order valence-corrected chi connectivity index (χ2v) is 7.82. The number of aromatic nitrogens is 1. The quantitative estimate of drug-likeness (QED) is 0.572. The molecule has 144 valence electrons. The first kappa shape index (κ1) is 20.0. The first-order valence-electron chi connectivity index (χ1n) is 7.95. The van der Waals surface area contributed by atoms with Gasteiger partial charge >= 0.3 is 5.97 Å². The number of thiophene rings is 1. The van der Waals surface area contributed by atoms with Crippen molar-refractivity contribution in [3.8, 4) is 10.6 Å². The Morgan fingerprint density at radius 2 is 2.04 bits per heavy atom. The van der Waals surface area contributed by atoms with Crippen LogP contribution in [0.2, 0.25) is 5.02 Å². The molecule has 1 atom stereocenters. The van der Waals surface area contributed by atoms with E-state index in [1.807, 2.05) is 6.07 Å². The molecular formula is C18H14ClN3O4S2. The molecule has 1 aromatic carbocycles. The number of nitrogens with zero attached hydrogens (tertiary/aromatic N) is 1. The Morgan fingerprint density at radius 3 is 2.75 bits per heavy atom. The van der Waals surface area contributed by atoms with Crippen LogP contribution in [0.5, 0.6) is 0 Å². The van der Waals surface area contributed by atoms with Crippen LogP contribution in [0.1, 0.15) is 27.8 Å². The molecule has 28 heavy (non-hydrogen) atoms. The summed E-state index contributed by atoms with van der Waals surface area (Å²) in [7, 11) is 0. The Kier molecular flexibility index (Phi) is 6.08. The van der Waals surface area contributed by atoms with Crippen LogP contribution in [0, 0.1) is 0 Å². The zero-order chi connectivity index (χ0) is 20.3. The van der Waals surface area contributed by atoms with Crippen molar-refractivity contribution in [3.63, 3.8) is 0 Å². The van der Waals surface area contributed by atoms with Crippen molar-refractivity contribution in [2.75, 3.05) is 5.32 Å². The predicted octanol–water partition coefficient (Wildman–Crippen LogP) is 3.81. The van der Waals surface area contributed by atoms with Crippen molar-refractivity contribution < 1.29 is 19.1 Å². The fourth-order valence-electron chi connectivity index (χ4n) is 2.21. The molecule has 0 saturated carbocycles. The van der Waals surface area contributed by atoms with Gasteiger partial charge in [0.05, 0.1) is 5.56 Å². The molecule has 0 radical (unpaired) electrons. The number of amides is 2. The van der Waals surface area contributed by atoms with E-state index in [9.17, 15) is 14.4 Å². The average Bonchev–Trinajstić information content (AvgIpc) is 3.31. The molecule has 2 heterocycles. The molecule has 1 unspecified atom stereocenters. The number of nitrogens with one attached hydrogen (secondary N) is 1. The van der Waals surface area contributed by atoms with E-state index in [2.05, 4.69) is 10.3 Å². The molecule has 0 aliphatic carbocycles. The topological polar surface area (TPSA) is 111 Å². The number of nitrogens with two attached hydrogens (primary N) is 1. The number of ether oxygens (including phenoxy) is 1. The Morgan fingerprint density at radius 1 is 1.25 bits per heavy atom. The zero-order valence-corrected chi connectivity index (χ0v) is 16.9. The van der Waals surface area contributed by atoms with Gasteiger partial charge in [-0.15, -0.1) is 22.7 Å². The Bertz CT molecular complexity index is 1050. The summed E-state index contributed by atoms with van der Waals surface area (Å²) < 4.78 is 5.18. The summed E-state index contributed by atoms with van der Waals surface area (Å²) in [5, 5.41) is 7.18. The molecule has 0 fully saturated rings. The normalized spacial score (nSPS) is 11.6. The van der Waals surface area contributed by atoms with E-state index in [1.165, 1.54) is 24.3 Å². The van der Waals surface area contributed by atoms with Crippen molar-refractivity contribution in [1.29, 1.82) is 0 Å². The van der Waals surface area contributed by atoms with Gasteiger partial charge in [0.2, 0.25) is 0 Å². The molecule has 0 saturated heterocycles. The highest BCUT2D eigenvalue weighted by atomic mass is 35.5. The van der Waals surface area contributed by atoms with Crippen LogP contribution in [0.4, 0.5) is 5.00 Å². The molecule has 7 nitrogen and oxygen atoms in total. The van der Waals surface area contributed by atoms with Gasteiger partial charge in [-0.05, 0) is 30.5 Å². The molecule has 3 rings (SSSR count). The van der Waals surface area contributed by atoms with Crippen molar-refractivity contribution in [1.82, 2.24) is 4.98 Å². The fraction of sp³-hybridized carbons (Fsp3) is 0.111. The highest BCUT2D eigenvalue weighted by molar-refractivity contribution is 7.14. The minimum Gasteiger partial charge on any atom is -0.448 e. The number of hydrogen-bond acceptors (Lipinski definition) is 7. The Hall–Kier alpha value is -2.75. The lowest BCUT2D eigenvalue weighted by molar-refractivity contribution is -0.123. The smallest absolute Gasteiger partial charge is 0.358 e. The van der Waals surface area contributed by atoms with E-state index in [-0.39, 0.29) is 11.3 Å². The largest absolute Gasteiger partial charge is 0.448 e. The molecule has 0 aliphatic heterocycles. The maximum absolute atomic E-state index is 12.3. The van der Waals surface area contributed by atoms with Gasteiger partial charge in [-0.25, -0.2) is 9.78 Å². The minimum absolute atomic E-state index is 0.0913. The molecule has 0 bridgehead atoms. The third kappa shape index (κ3) is 4.56. The third-order valence-electron chi connectivity index (χ3n) is 3.61. The molecule has 3 N–H and O–H groups in total. The van der Waals surface area contributed by atoms with Crippen LogP contribution in [0.15, 0.2) is 41.1 Å². The van der Waals surface area contributed by atoms with Crippen LogP contribution in [-0.4, -0.2) is 28.9 Å². The van der Waals surface area contributed by atoms with E-state index >= 15 is 0 Å². The molecular weight excluding hydrogens is 422 g/mol. The van der Waals surface area contributed by atoms with E-state index in [0.717, 1.165) is 16.9 Å². The van der Waals surface area contributed by atoms with Crippen LogP contribution in [-0.2, 0) is 9.53 Å². The van der Waals surface area contributed by atoms with E-state index < -0.39 is 23.9 Å². The van der Waals surface area contributed by atoms with Gasteiger partial charge in [0.25, 0.3) is 11.8 Å². The zero-order valence-electron chi connectivity index (χ0n) is 14.5. The maximum Gasteiger partial charge on any atom is 0.358 e. The number of primary amides is 1. The van der Waals surface area contributed by atoms with E-state index in [1.54, 1.807) is 29.0 Å². The monoisotopic (exact) mass is 435 g/mol. The van der Waals surface area contributed by atoms with Gasteiger partial charge in [0, 0.05) is 16.0 Å². The number of hydrogen-bond donors (Lipinski definition) is 2. The number of carbonyl (C=O) groups excluding carboxylic acids is 3. The average molecular weight is 436 g/mol. The lowest BCUT2D eigenvalue weighted by Gasteiger charge is -2.12. The summed E-state index contributed by atoms with van der Waals surface area (Å²) in [4.78, 5) is 40.1. The predicted molar refractivity (Wildman–Crippen MR) is 109 cm³/mol. The van der Waals surface area contributed by atoms with Gasteiger partial charge in [0.15, 0.2) is 11.8 Å². The van der Waals surface area contributed by atoms with E-state index in [4.69, 9.17) is 22.1 Å². The lowest BCUT2D eigenvalue weighted by atomic mass is 10.2. The molecule has 2 amide bonds. The van der Waals surface area contributed by atoms with Crippen LogP contribution in [0.25, 0.3) is 10.6 Å². The molecule has 0 aliphatic rings. The molecule has 10 heteroatoms. The maximum atomic E-state index is 12.3. The second kappa shape index (κ2) is 8.51. The first-order valence-corrected chi connectivity index (χ1v) is 10.1. The second-order valence-electron chi connectivity index (χ2n) is 5.61. The number of esters is 1. The SMILES string of the molecule is CC(OC(=O)c1csc(-c2cccc(Cl)c2)n1)C(=O)Nc1sccc1C(N)=O. The Labute approximate surface area is 173 Å². The Balaban J connectivity index is 1.65. The summed E-state index contributed by atoms with van der Waals surface area (Å²) in [5.74, 6) is -1.96. The highest BCUT2D eigenvalue weighted by Gasteiger charge is 2.23. The van der Waals surface area contributed by atoms with Crippen molar-refractivity contribution >= 4 is 57.1 Å². The number of rotatable bonds is 6. The summed E-state index contributed by atoms with van der Waals surface area (Å²) in [5.41, 5.74) is 6.31. The fourth-order valence-corrected chi connectivity index (χ4v) is 3.98. The summed E-state index contributed by atoms with van der Waals surface area (Å²) in [6, 6.07) is 8.60. The van der Waals surface area contributed by atoms with Crippen molar-refractivity contribution in [2.45, 2.75) is 13.0 Å². The van der Waals surface area contributed by atoms with Gasteiger partial charge in [0.1, 0.15) is 10.0 Å². The summed E-state index contributed by atoms with van der Waals surface area (Å²) in [6.07, 6.45) is -1.09. The third-order valence-corrected chi connectivity index (χ3v) is 5.56. The molecule has 0 spiro atoms. The van der Waals surface area contributed by atoms with Gasteiger partial charge in [-0.2, -0.15) is 0 Å². The summed E-state index contributed by atoms with van der Waals surface area (Å²) in [6.45, 7) is 1.43. The van der Waals surface area contributed by atoms with Gasteiger partial charge in [-0.1, -0.05) is 23.7 Å². The number of benzene rings is 1.